The quantitative estimate of drug-likeness (QED) is 0.902. The number of carbonyl (C=O) groups excluding carboxylic acids is 1. The molecule has 25 heavy (non-hydrogen) atoms. The van der Waals surface area contributed by atoms with Gasteiger partial charge in [-0.05, 0) is 45.2 Å². The fraction of sp³-hybridized carbons (Fsp3) is 0.650. The predicted molar refractivity (Wildman–Crippen MR) is 101 cm³/mol. The number of rotatable bonds is 4. The number of benzene rings is 1. The van der Waals surface area contributed by atoms with Crippen molar-refractivity contribution in [2.45, 2.75) is 58.7 Å². The molecule has 1 unspecified atom stereocenters. The molecule has 0 spiro atoms. The predicted octanol–water partition coefficient (Wildman–Crippen LogP) is 3.71. The van der Waals surface area contributed by atoms with E-state index in [9.17, 15) is 4.79 Å². The molecule has 2 atom stereocenters. The van der Waals surface area contributed by atoms with Crippen LogP contribution in [0.2, 0.25) is 0 Å². The van der Waals surface area contributed by atoms with Crippen molar-refractivity contribution in [2.75, 3.05) is 26.2 Å². The van der Waals surface area contributed by atoms with Crippen LogP contribution in [0.25, 0.3) is 0 Å². The Kier molecular flexibility index (Phi) is 6.47. The maximum absolute atomic E-state index is 12.2. The molecule has 5 nitrogen and oxygen atoms in total. The molecule has 1 heterocycles. The van der Waals surface area contributed by atoms with Gasteiger partial charge < -0.3 is 15.4 Å². The lowest BCUT2D eigenvalue weighted by Crippen LogP contribution is -2.50. The first-order valence-electron chi connectivity index (χ1n) is 9.28. The maximum atomic E-state index is 12.2. The van der Waals surface area contributed by atoms with E-state index in [1.54, 1.807) is 0 Å². The maximum Gasteiger partial charge on any atom is 0.410 e. The third-order valence-corrected chi connectivity index (χ3v) is 4.64. The van der Waals surface area contributed by atoms with E-state index in [-0.39, 0.29) is 12.1 Å². The van der Waals surface area contributed by atoms with Gasteiger partial charge in [0, 0.05) is 38.3 Å². The molecule has 1 aromatic carbocycles. The lowest BCUT2D eigenvalue weighted by Gasteiger charge is -2.39. The summed E-state index contributed by atoms with van der Waals surface area (Å²) in [5, 5.41) is 0. The molecule has 0 radical (unpaired) electrons. The second-order valence-electron chi connectivity index (χ2n) is 7.88. The highest BCUT2D eigenvalue weighted by atomic mass is 16.6. The number of ether oxygens (including phenoxy) is 1. The average molecular weight is 348 g/mol. The van der Waals surface area contributed by atoms with Gasteiger partial charge in [-0.2, -0.15) is 0 Å². The molecule has 1 fully saturated rings. The van der Waals surface area contributed by atoms with Gasteiger partial charge in [0.2, 0.25) is 0 Å². The first-order chi connectivity index (χ1) is 11.7. The molecule has 0 bridgehead atoms. The Labute approximate surface area is 152 Å². The Hall–Kier alpha value is -1.59. The number of piperazine rings is 1. The summed E-state index contributed by atoms with van der Waals surface area (Å²) in [6, 6.07) is 9.06. The van der Waals surface area contributed by atoms with Crippen LogP contribution in [0, 0.1) is 0 Å². The van der Waals surface area contributed by atoms with Gasteiger partial charge in [0.05, 0.1) is 0 Å². The molecule has 1 amide bonds. The summed E-state index contributed by atoms with van der Waals surface area (Å²) in [4.78, 5) is 16.5. The van der Waals surface area contributed by atoms with E-state index in [2.05, 4.69) is 36.1 Å². The number of carbonyl (C=O) groups is 1. The molecule has 1 saturated heterocycles. The zero-order valence-electron chi connectivity index (χ0n) is 16.3. The number of nitrogens with two attached hydrogens (primary N) is 1. The van der Waals surface area contributed by atoms with E-state index in [0.29, 0.717) is 19.1 Å². The van der Waals surface area contributed by atoms with Crippen molar-refractivity contribution in [2.24, 2.45) is 5.73 Å². The third-order valence-electron chi connectivity index (χ3n) is 4.64. The Bertz CT molecular complexity index is 555. The van der Waals surface area contributed by atoms with Crippen LogP contribution >= 0.6 is 0 Å². The second-order valence-corrected chi connectivity index (χ2v) is 7.88. The molecule has 0 saturated carbocycles. The van der Waals surface area contributed by atoms with Crippen molar-refractivity contribution >= 4 is 6.09 Å². The van der Waals surface area contributed by atoms with Crippen LogP contribution < -0.4 is 5.73 Å². The normalized spacial score (nSPS) is 18.7. The van der Waals surface area contributed by atoms with Crippen molar-refractivity contribution in [3.63, 3.8) is 0 Å². The fourth-order valence-corrected chi connectivity index (χ4v) is 3.27. The summed E-state index contributed by atoms with van der Waals surface area (Å²) in [6.45, 7) is 13.1. The van der Waals surface area contributed by atoms with Gasteiger partial charge in [-0.3, -0.25) is 4.90 Å². The molecule has 0 aliphatic carbocycles. The molecule has 140 valence electrons. The van der Waals surface area contributed by atoms with E-state index in [4.69, 9.17) is 10.5 Å². The average Bonchev–Trinajstić information content (AvgIpc) is 2.55. The SMILES string of the molecule is CCC(c1ccc([C@H](C)N)cc1)N1CCN(C(=O)OC(C)(C)C)CC1. The fourth-order valence-electron chi connectivity index (χ4n) is 3.27. The Morgan fingerprint density at radius 3 is 2.08 bits per heavy atom. The molecule has 2 N–H and O–H groups in total. The van der Waals surface area contributed by atoms with Gasteiger partial charge in [-0.1, -0.05) is 31.2 Å². The van der Waals surface area contributed by atoms with Crippen molar-refractivity contribution in [3.05, 3.63) is 35.4 Å². The van der Waals surface area contributed by atoms with E-state index in [1.165, 1.54) is 5.56 Å². The van der Waals surface area contributed by atoms with Gasteiger partial charge in [-0.15, -0.1) is 0 Å². The first kappa shape index (κ1) is 19.7. The van der Waals surface area contributed by atoms with Gasteiger partial charge in [0.1, 0.15) is 5.60 Å². The number of hydrogen-bond acceptors (Lipinski definition) is 4. The lowest BCUT2D eigenvalue weighted by molar-refractivity contribution is 0.00998. The van der Waals surface area contributed by atoms with Gasteiger partial charge >= 0.3 is 6.09 Å². The lowest BCUT2D eigenvalue weighted by atomic mass is 9.99. The van der Waals surface area contributed by atoms with Gasteiger partial charge in [0.15, 0.2) is 0 Å². The zero-order chi connectivity index (χ0) is 18.6. The smallest absolute Gasteiger partial charge is 0.410 e. The topological polar surface area (TPSA) is 58.8 Å². The summed E-state index contributed by atoms with van der Waals surface area (Å²) in [7, 11) is 0. The first-order valence-corrected chi connectivity index (χ1v) is 9.28. The van der Waals surface area contributed by atoms with E-state index >= 15 is 0 Å². The van der Waals surface area contributed by atoms with E-state index < -0.39 is 5.60 Å². The van der Waals surface area contributed by atoms with Gasteiger partial charge in [0.25, 0.3) is 0 Å². The van der Waals surface area contributed by atoms with Crippen molar-refractivity contribution in [3.8, 4) is 0 Å². The van der Waals surface area contributed by atoms with Crippen molar-refractivity contribution in [1.29, 1.82) is 0 Å². The minimum Gasteiger partial charge on any atom is -0.444 e. The minimum absolute atomic E-state index is 0.0616. The molecule has 1 aliphatic rings. The number of amides is 1. The van der Waals surface area contributed by atoms with Crippen LogP contribution in [-0.4, -0.2) is 47.7 Å². The highest BCUT2D eigenvalue weighted by molar-refractivity contribution is 5.68. The highest BCUT2D eigenvalue weighted by Gasteiger charge is 2.28. The second kappa shape index (κ2) is 8.19. The summed E-state index contributed by atoms with van der Waals surface area (Å²) >= 11 is 0. The van der Waals surface area contributed by atoms with Crippen LogP contribution in [0.4, 0.5) is 4.79 Å². The molecular weight excluding hydrogens is 314 g/mol. The largest absolute Gasteiger partial charge is 0.444 e. The standard InChI is InChI=1S/C20H33N3O2/c1-6-18(17-9-7-16(8-10-17)15(2)21)22-11-13-23(14-12-22)19(24)25-20(3,4)5/h7-10,15,18H,6,11-14,21H2,1-5H3/t15-,18?/m0/s1. The molecule has 5 heteroatoms. The Morgan fingerprint density at radius 2 is 1.64 bits per heavy atom. The van der Waals surface area contributed by atoms with Crippen LogP contribution in [0.1, 0.15) is 64.3 Å². The summed E-state index contributed by atoms with van der Waals surface area (Å²) in [5.41, 5.74) is 7.98. The van der Waals surface area contributed by atoms with Crippen molar-refractivity contribution in [1.82, 2.24) is 9.80 Å². The monoisotopic (exact) mass is 347 g/mol. The third kappa shape index (κ3) is 5.44. The molecular formula is C20H33N3O2. The zero-order valence-corrected chi connectivity index (χ0v) is 16.3. The van der Waals surface area contributed by atoms with Crippen molar-refractivity contribution < 1.29 is 9.53 Å². The molecule has 2 rings (SSSR count). The van der Waals surface area contributed by atoms with Gasteiger partial charge in [-0.25, -0.2) is 4.79 Å². The number of hydrogen-bond donors (Lipinski definition) is 1. The van der Waals surface area contributed by atoms with E-state index in [0.717, 1.165) is 25.1 Å². The van der Waals surface area contributed by atoms with Crippen LogP contribution in [-0.2, 0) is 4.74 Å². The summed E-state index contributed by atoms with van der Waals surface area (Å²) in [5.74, 6) is 0. The minimum atomic E-state index is -0.442. The van der Waals surface area contributed by atoms with Crippen LogP contribution in [0.5, 0.6) is 0 Å². The Morgan fingerprint density at radius 1 is 1.12 bits per heavy atom. The highest BCUT2D eigenvalue weighted by Crippen LogP contribution is 2.26. The summed E-state index contributed by atoms with van der Waals surface area (Å²) < 4.78 is 5.48. The molecule has 1 aliphatic heterocycles. The molecule has 1 aromatic rings. The molecule has 0 aromatic heterocycles. The van der Waals surface area contributed by atoms with Crippen LogP contribution in [0.3, 0.4) is 0 Å². The van der Waals surface area contributed by atoms with E-state index in [1.807, 2.05) is 32.6 Å². The number of nitrogens with zero attached hydrogens (tertiary/aromatic N) is 2. The van der Waals surface area contributed by atoms with Crippen LogP contribution in [0.15, 0.2) is 24.3 Å². The summed E-state index contributed by atoms with van der Waals surface area (Å²) in [6.07, 6.45) is 0.839. The Balaban J connectivity index is 1.96.